The van der Waals surface area contributed by atoms with E-state index in [1.54, 1.807) is 6.07 Å². The average molecular weight is 322 g/mol. The molecule has 0 fully saturated rings. The topological polar surface area (TPSA) is 0 Å². The van der Waals surface area contributed by atoms with Crippen molar-refractivity contribution in [3.63, 3.8) is 0 Å². The van der Waals surface area contributed by atoms with Gasteiger partial charge >= 0.3 is 0 Å². The molecular weight excluding hydrogens is 311 g/mol. The molecule has 0 amide bonds. The fourth-order valence-electron chi connectivity index (χ4n) is 1.07. The lowest BCUT2D eigenvalue weighted by atomic mass is 10.1. The summed E-state index contributed by atoms with van der Waals surface area (Å²) >= 11 is 6.51. The zero-order chi connectivity index (χ0) is 10.4. The molecule has 0 aromatic heterocycles. The van der Waals surface area contributed by atoms with E-state index >= 15 is 0 Å². The van der Waals surface area contributed by atoms with Crippen LogP contribution in [-0.2, 0) is 6.42 Å². The molecule has 0 bridgehead atoms. The SMILES string of the molecule is Fc1ccc(CC=CCCBr)cc1Br. The van der Waals surface area contributed by atoms with Gasteiger partial charge in [-0.25, -0.2) is 4.39 Å². The summed E-state index contributed by atoms with van der Waals surface area (Å²) in [5, 5.41) is 0.983. The number of alkyl halides is 1. The van der Waals surface area contributed by atoms with Crippen LogP contribution in [-0.4, -0.2) is 5.33 Å². The van der Waals surface area contributed by atoms with Gasteiger partial charge in [-0.2, -0.15) is 0 Å². The number of halogens is 3. The minimum Gasteiger partial charge on any atom is -0.206 e. The van der Waals surface area contributed by atoms with E-state index in [2.05, 4.69) is 44.0 Å². The molecule has 0 saturated heterocycles. The number of hydrogen-bond acceptors (Lipinski definition) is 0. The van der Waals surface area contributed by atoms with E-state index in [-0.39, 0.29) is 5.82 Å². The third-order valence-corrected chi connectivity index (χ3v) is 2.85. The highest BCUT2D eigenvalue weighted by atomic mass is 79.9. The molecule has 0 unspecified atom stereocenters. The summed E-state index contributed by atoms with van der Waals surface area (Å²) < 4.78 is 13.4. The van der Waals surface area contributed by atoms with Gasteiger partial charge in [0.25, 0.3) is 0 Å². The molecule has 14 heavy (non-hydrogen) atoms. The maximum atomic E-state index is 12.9. The van der Waals surface area contributed by atoms with Crippen LogP contribution in [0.2, 0.25) is 0 Å². The van der Waals surface area contributed by atoms with Crippen LogP contribution in [0.5, 0.6) is 0 Å². The Morgan fingerprint density at radius 1 is 1.29 bits per heavy atom. The van der Waals surface area contributed by atoms with Crippen LogP contribution in [0.4, 0.5) is 4.39 Å². The Hall–Kier alpha value is -0.150. The second-order valence-corrected chi connectivity index (χ2v) is 4.55. The fraction of sp³-hybridized carbons (Fsp3) is 0.273. The average Bonchev–Trinajstić information content (AvgIpc) is 2.18. The van der Waals surface area contributed by atoms with Crippen molar-refractivity contribution in [1.82, 2.24) is 0 Å². The molecule has 1 aromatic carbocycles. The summed E-state index contributed by atoms with van der Waals surface area (Å²) in [4.78, 5) is 0. The second-order valence-electron chi connectivity index (χ2n) is 2.90. The molecule has 0 spiro atoms. The Morgan fingerprint density at radius 2 is 2.07 bits per heavy atom. The normalized spacial score (nSPS) is 11.1. The van der Waals surface area contributed by atoms with Crippen LogP contribution in [0.25, 0.3) is 0 Å². The molecule has 0 saturated carbocycles. The highest BCUT2D eigenvalue weighted by molar-refractivity contribution is 9.10. The molecule has 1 rings (SSSR count). The molecule has 1 aromatic rings. The maximum absolute atomic E-state index is 12.9. The Morgan fingerprint density at radius 3 is 2.71 bits per heavy atom. The van der Waals surface area contributed by atoms with Gasteiger partial charge in [-0.3, -0.25) is 0 Å². The zero-order valence-electron chi connectivity index (χ0n) is 7.64. The Kier molecular flexibility index (Phi) is 5.41. The van der Waals surface area contributed by atoms with E-state index in [4.69, 9.17) is 0 Å². The molecule has 0 heterocycles. The van der Waals surface area contributed by atoms with Gasteiger partial charge in [0.05, 0.1) is 4.47 Å². The number of benzene rings is 1. The summed E-state index contributed by atoms with van der Waals surface area (Å²) in [5.74, 6) is -0.210. The lowest BCUT2D eigenvalue weighted by molar-refractivity contribution is 0.620. The standard InChI is InChI=1S/C11H11Br2F/c12-7-3-1-2-4-9-5-6-11(14)10(13)8-9/h1-2,5-6,8H,3-4,7H2. The van der Waals surface area contributed by atoms with Crippen LogP contribution in [0.3, 0.4) is 0 Å². The van der Waals surface area contributed by atoms with Crippen molar-refractivity contribution in [2.45, 2.75) is 12.8 Å². The zero-order valence-corrected chi connectivity index (χ0v) is 10.8. The van der Waals surface area contributed by atoms with Gasteiger partial charge in [0.2, 0.25) is 0 Å². The minimum atomic E-state index is -0.210. The van der Waals surface area contributed by atoms with Crippen LogP contribution >= 0.6 is 31.9 Å². The first-order valence-corrected chi connectivity index (χ1v) is 6.30. The van der Waals surface area contributed by atoms with Crippen LogP contribution in [0.15, 0.2) is 34.8 Å². The largest absolute Gasteiger partial charge is 0.206 e. The van der Waals surface area contributed by atoms with Crippen LogP contribution in [0, 0.1) is 5.82 Å². The quantitative estimate of drug-likeness (QED) is 0.567. The third kappa shape index (κ3) is 3.93. The second kappa shape index (κ2) is 6.36. The van der Waals surface area contributed by atoms with E-state index in [0.717, 1.165) is 23.7 Å². The van der Waals surface area contributed by atoms with Crippen molar-refractivity contribution in [3.8, 4) is 0 Å². The first-order chi connectivity index (χ1) is 6.74. The van der Waals surface area contributed by atoms with Crippen molar-refractivity contribution in [2.75, 3.05) is 5.33 Å². The summed E-state index contributed by atoms with van der Waals surface area (Å²) in [5.41, 5.74) is 1.11. The maximum Gasteiger partial charge on any atom is 0.137 e. The molecule has 0 aliphatic heterocycles. The van der Waals surface area contributed by atoms with Crippen molar-refractivity contribution in [1.29, 1.82) is 0 Å². The smallest absolute Gasteiger partial charge is 0.137 e. The Balaban J connectivity index is 2.55. The molecule has 0 atom stereocenters. The first-order valence-electron chi connectivity index (χ1n) is 4.39. The summed E-state index contributed by atoms with van der Waals surface area (Å²) in [6, 6.07) is 5.10. The molecule has 3 heteroatoms. The van der Waals surface area contributed by atoms with E-state index < -0.39 is 0 Å². The lowest BCUT2D eigenvalue weighted by Crippen LogP contribution is -1.84. The summed E-state index contributed by atoms with van der Waals surface area (Å²) in [6.45, 7) is 0. The third-order valence-electron chi connectivity index (χ3n) is 1.78. The summed E-state index contributed by atoms with van der Waals surface area (Å²) in [7, 11) is 0. The fourth-order valence-corrected chi connectivity index (χ4v) is 1.76. The summed E-state index contributed by atoms with van der Waals surface area (Å²) in [6.07, 6.45) is 6.10. The van der Waals surface area contributed by atoms with Gasteiger partial charge in [0.1, 0.15) is 5.82 Å². The van der Waals surface area contributed by atoms with E-state index in [9.17, 15) is 4.39 Å². The Bertz CT molecular complexity index is 321. The van der Waals surface area contributed by atoms with Crippen LogP contribution in [0.1, 0.15) is 12.0 Å². The van der Waals surface area contributed by atoms with Gasteiger partial charge in [-0.1, -0.05) is 34.1 Å². The molecular formula is C11H11Br2F. The number of hydrogen-bond donors (Lipinski definition) is 0. The van der Waals surface area contributed by atoms with Gasteiger partial charge in [0, 0.05) is 5.33 Å². The number of rotatable bonds is 4. The van der Waals surface area contributed by atoms with Gasteiger partial charge in [-0.05, 0) is 46.5 Å². The van der Waals surface area contributed by atoms with E-state index in [0.29, 0.717) is 4.47 Å². The predicted molar refractivity (Wildman–Crippen MR) is 65.4 cm³/mol. The molecule has 0 radical (unpaired) electrons. The molecule has 0 nitrogen and oxygen atoms in total. The van der Waals surface area contributed by atoms with Crippen molar-refractivity contribution in [2.24, 2.45) is 0 Å². The van der Waals surface area contributed by atoms with Crippen molar-refractivity contribution in [3.05, 3.63) is 46.2 Å². The lowest BCUT2D eigenvalue weighted by Gasteiger charge is -1.98. The monoisotopic (exact) mass is 320 g/mol. The highest BCUT2D eigenvalue weighted by Gasteiger charge is 1.98. The molecule has 0 N–H and O–H groups in total. The van der Waals surface area contributed by atoms with Gasteiger partial charge in [-0.15, -0.1) is 0 Å². The molecule has 76 valence electrons. The van der Waals surface area contributed by atoms with Crippen LogP contribution < -0.4 is 0 Å². The minimum absolute atomic E-state index is 0.210. The predicted octanol–water partition coefficient (Wildman–Crippen LogP) is 4.47. The Labute approximate surface area is 100 Å². The van der Waals surface area contributed by atoms with Gasteiger partial charge < -0.3 is 0 Å². The van der Waals surface area contributed by atoms with Crippen molar-refractivity contribution >= 4 is 31.9 Å². The van der Waals surface area contributed by atoms with E-state index in [1.807, 2.05) is 6.07 Å². The van der Waals surface area contributed by atoms with E-state index in [1.165, 1.54) is 6.07 Å². The first kappa shape index (κ1) is 11.9. The molecule has 0 aliphatic carbocycles. The van der Waals surface area contributed by atoms with Crippen molar-refractivity contribution < 1.29 is 4.39 Å². The molecule has 0 aliphatic rings. The number of allylic oxidation sites excluding steroid dienone is 2. The highest BCUT2D eigenvalue weighted by Crippen LogP contribution is 2.17. The van der Waals surface area contributed by atoms with Gasteiger partial charge in [0.15, 0.2) is 0 Å².